The van der Waals surface area contributed by atoms with Crippen molar-refractivity contribution < 1.29 is 14.3 Å². The number of nitrogens with two attached hydrogens (primary N) is 1. The summed E-state index contributed by atoms with van der Waals surface area (Å²) in [4.78, 5) is 23.7. The molecule has 0 aliphatic rings. The summed E-state index contributed by atoms with van der Waals surface area (Å²) in [6.07, 6.45) is 1.06. The first kappa shape index (κ1) is 16.0. The third-order valence-electron chi connectivity index (χ3n) is 2.91. The van der Waals surface area contributed by atoms with Crippen LogP contribution >= 0.6 is 0 Å². The maximum absolute atomic E-state index is 11.8. The van der Waals surface area contributed by atoms with Crippen molar-refractivity contribution in [1.29, 1.82) is 0 Å². The molecule has 0 aliphatic carbocycles. The summed E-state index contributed by atoms with van der Waals surface area (Å²) >= 11 is 0. The Morgan fingerprint density at radius 3 is 2.40 bits per heavy atom. The molecule has 0 spiro atoms. The number of ether oxygens (including phenoxy) is 1. The second-order valence-electron chi connectivity index (χ2n) is 4.87. The van der Waals surface area contributed by atoms with Gasteiger partial charge in [0.1, 0.15) is 0 Å². The molecule has 110 valence electrons. The molecule has 20 heavy (non-hydrogen) atoms. The zero-order valence-electron chi connectivity index (χ0n) is 12.2. The maximum Gasteiger partial charge on any atom is 0.338 e. The number of nitrogen functional groups attached to an aromatic ring is 1. The SMILES string of the molecule is CCCC(C)NC(=O)C(C)OC(=O)c1ccc(N)cc1. The van der Waals surface area contributed by atoms with E-state index < -0.39 is 12.1 Å². The number of carbonyl (C=O) groups is 2. The van der Waals surface area contributed by atoms with Gasteiger partial charge in [-0.3, -0.25) is 4.79 Å². The number of anilines is 1. The minimum Gasteiger partial charge on any atom is -0.449 e. The fourth-order valence-corrected chi connectivity index (χ4v) is 1.77. The summed E-state index contributed by atoms with van der Waals surface area (Å²) in [5, 5.41) is 2.81. The molecule has 1 aromatic rings. The number of rotatable bonds is 6. The lowest BCUT2D eigenvalue weighted by Gasteiger charge is -2.17. The van der Waals surface area contributed by atoms with E-state index in [9.17, 15) is 9.59 Å². The highest BCUT2D eigenvalue weighted by Crippen LogP contribution is 2.08. The Hall–Kier alpha value is -2.04. The van der Waals surface area contributed by atoms with Crippen LogP contribution in [0.1, 0.15) is 44.0 Å². The molecule has 0 radical (unpaired) electrons. The van der Waals surface area contributed by atoms with E-state index in [2.05, 4.69) is 5.32 Å². The average molecular weight is 278 g/mol. The number of amides is 1. The van der Waals surface area contributed by atoms with Gasteiger partial charge in [-0.1, -0.05) is 13.3 Å². The Bertz CT molecular complexity index is 457. The predicted octanol–water partition coefficient (Wildman–Crippen LogP) is 2.12. The summed E-state index contributed by atoms with van der Waals surface area (Å²) in [6, 6.07) is 6.45. The average Bonchev–Trinajstić information content (AvgIpc) is 2.39. The van der Waals surface area contributed by atoms with Gasteiger partial charge in [-0.2, -0.15) is 0 Å². The fraction of sp³-hybridized carbons (Fsp3) is 0.467. The van der Waals surface area contributed by atoms with E-state index in [1.807, 2.05) is 13.8 Å². The lowest BCUT2D eigenvalue weighted by atomic mass is 10.2. The highest BCUT2D eigenvalue weighted by Gasteiger charge is 2.19. The van der Waals surface area contributed by atoms with Crippen molar-refractivity contribution in [3.63, 3.8) is 0 Å². The van der Waals surface area contributed by atoms with Crippen LogP contribution in [0.4, 0.5) is 5.69 Å². The first-order valence-corrected chi connectivity index (χ1v) is 6.81. The van der Waals surface area contributed by atoms with E-state index in [0.29, 0.717) is 11.3 Å². The zero-order valence-corrected chi connectivity index (χ0v) is 12.2. The van der Waals surface area contributed by atoms with Gasteiger partial charge in [0, 0.05) is 11.7 Å². The van der Waals surface area contributed by atoms with Gasteiger partial charge < -0.3 is 15.8 Å². The molecular weight excluding hydrogens is 256 g/mol. The topological polar surface area (TPSA) is 81.4 Å². The van der Waals surface area contributed by atoms with Crippen LogP contribution < -0.4 is 11.1 Å². The number of hydrogen-bond acceptors (Lipinski definition) is 4. The minimum atomic E-state index is -0.820. The lowest BCUT2D eigenvalue weighted by Crippen LogP contribution is -2.40. The van der Waals surface area contributed by atoms with Gasteiger partial charge in [-0.25, -0.2) is 4.79 Å². The molecule has 2 unspecified atom stereocenters. The molecule has 1 rings (SSSR count). The number of hydrogen-bond donors (Lipinski definition) is 2. The number of esters is 1. The summed E-state index contributed by atoms with van der Waals surface area (Å²) in [6.45, 7) is 5.53. The molecule has 0 heterocycles. The zero-order chi connectivity index (χ0) is 15.1. The van der Waals surface area contributed by atoms with E-state index in [0.717, 1.165) is 12.8 Å². The van der Waals surface area contributed by atoms with Crippen molar-refractivity contribution in [2.24, 2.45) is 0 Å². The van der Waals surface area contributed by atoms with Crippen LogP contribution in [0.2, 0.25) is 0 Å². The van der Waals surface area contributed by atoms with Crippen molar-refractivity contribution in [2.75, 3.05) is 5.73 Å². The summed E-state index contributed by atoms with van der Waals surface area (Å²) in [7, 11) is 0. The quantitative estimate of drug-likeness (QED) is 0.617. The van der Waals surface area contributed by atoms with Crippen molar-refractivity contribution in [3.05, 3.63) is 29.8 Å². The molecular formula is C15H22N2O3. The number of nitrogens with one attached hydrogen (secondary N) is 1. The summed E-state index contributed by atoms with van der Waals surface area (Å²) in [5.74, 6) is -0.814. The molecule has 1 aromatic carbocycles. The van der Waals surface area contributed by atoms with Crippen molar-refractivity contribution in [3.8, 4) is 0 Å². The Kier molecular flexibility index (Phi) is 6.03. The largest absolute Gasteiger partial charge is 0.449 e. The van der Waals surface area contributed by atoms with Gasteiger partial charge in [0.2, 0.25) is 0 Å². The Labute approximate surface area is 119 Å². The van der Waals surface area contributed by atoms with Crippen LogP contribution in [0.3, 0.4) is 0 Å². The molecule has 0 aliphatic heterocycles. The minimum absolute atomic E-state index is 0.0742. The molecule has 0 aromatic heterocycles. The van der Waals surface area contributed by atoms with Gasteiger partial charge in [-0.15, -0.1) is 0 Å². The van der Waals surface area contributed by atoms with Crippen molar-refractivity contribution >= 4 is 17.6 Å². The van der Waals surface area contributed by atoms with Gasteiger partial charge in [-0.05, 0) is 44.5 Å². The first-order chi connectivity index (χ1) is 9.43. The molecule has 5 nitrogen and oxygen atoms in total. The van der Waals surface area contributed by atoms with Gasteiger partial charge in [0.15, 0.2) is 6.10 Å². The molecule has 0 fully saturated rings. The highest BCUT2D eigenvalue weighted by molar-refractivity contribution is 5.92. The monoisotopic (exact) mass is 278 g/mol. The van der Waals surface area contributed by atoms with E-state index in [1.165, 1.54) is 0 Å². The second-order valence-corrected chi connectivity index (χ2v) is 4.87. The molecule has 2 atom stereocenters. The first-order valence-electron chi connectivity index (χ1n) is 6.81. The van der Waals surface area contributed by atoms with E-state index in [1.54, 1.807) is 31.2 Å². The van der Waals surface area contributed by atoms with Crippen LogP contribution in [0.25, 0.3) is 0 Å². The Morgan fingerprint density at radius 2 is 1.85 bits per heavy atom. The molecule has 5 heteroatoms. The summed E-state index contributed by atoms with van der Waals surface area (Å²) in [5.41, 5.74) is 6.49. The standard InChI is InChI=1S/C15H22N2O3/c1-4-5-10(2)17-14(18)11(3)20-15(19)12-6-8-13(16)9-7-12/h6-11H,4-5,16H2,1-3H3,(H,17,18). The Balaban J connectivity index is 2.52. The third-order valence-corrected chi connectivity index (χ3v) is 2.91. The van der Waals surface area contributed by atoms with E-state index in [4.69, 9.17) is 10.5 Å². The normalized spacial score (nSPS) is 13.3. The van der Waals surface area contributed by atoms with Crippen LogP contribution in [-0.2, 0) is 9.53 Å². The second kappa shape index (κ2) is 7.53. The third kappa shape index (κ3) is 4.91. The fourth-order valence-electron chi connectivity index (χ4n) is 1.77. The van der Waals surface area contributed by atoms with Crippen LogP contribution in [0.15, 0.2) is 24.3 Å². The van der Waals surface area contributed by atoms with Crippen molar-refractivity contribution in [1.82, 2.24) is 5.32 Å². The number of carbonyl (C=O) groups excluding carboxylic acids is 2. The molecule has 0 saturated carbocycles. The van der Waals surface area contributed by atoms with E-state index in [-0.39, 0.29) is 11.9 Å². The van der Waals surface area contributed by atoms with Gasteiger partial charge >= 0.3 is 5.97 Å². The lowest BCUT2D eigenvalue weighted by molar-refractivity contribution is -0.129. The molecule has 3 N–H and O–H groups in total. The Morgan fingerprint density at radius 1 is 1.25 bits per heavy atom. The molecule has 1 amide bonds. The van der Waals surface area contributed by atoms with Crippen LogP contribution in [0.5, 0.6) is 0 Å². The van der Waals surface area contributed by atoms with Crippen LogP contribution in [0, 0.1) is 0 Å². The smallest absolute Gasteiger partial charge is 0.338 e. The maximum atomic E-state index is 11.8. The van der Waals surface area contributed by atoms with Crippen molar-refractivity contribution in [2.45, 2.75) is 45.8 Å². The molecule has 0 bridgehead atoms. The van der Waals surface area contributed by atoms with Gasteiger partial charge in [0.05, 0.1) is 5.56 Å². The number of benzene rings is 1. The predicted molar refractivity (Wildman–Crippen MR) is 78.2 cm³/mol. The van der Waals surface area contributed by atoms with Gasteiger partial charge in [0.25, 0.3) is 5.91 Å². The van der Waals surface area contributed by atoms with Crippen LogP contribution in [-0.4, -0.2) is 24.0 Å². The van der Waals surface area contributed by atoms with E-state index >= 15 is 0 Å². The highest BCUT2D eigenvalue weighted by atomic mass is 16.5. The summed E-state index contributed by atoms with van der Waals surface area (Å²) < 4.78 is 5.13. The molecule has 0 saturated heterocycles.